The van der Waals surface area contributed by atoms with Crippen LogP contribution in [0.25, 0.3) is 21.9 Å². The molecular formula is C43H41ClZr. The maximum absolute atomic E-state index is 5.96. The summed E-state index contributed by atoms with van der Waals surface area (Å²) >= 11 is 7.37. The van der Waals surface area contributed by atoms with Crippen LogP contribution in [0.5, 0.6) is 0 Å². The van der Waals surface area contributed by atoms with Gasteiger partial charge in [-0.2, -0.15) is 35.4 Å². The van der Waals surface area contributed by atoms with Crippen LogP contribution in [-0.4, -0.2) is 3.21 Å². The van der Waals surface area contributed by atoms with E-state index in [0.29, 0.717) is 0 Å². The first-order valence-corrected chi connectivity index (χ1v) is 17.3. The summed E-state index contributed by atoms with van der Waals surface area (Å²) in [5.74, 6) is 0. The predicted molar refractivity (Wildman–Crippen MR) is 191 cm³/mol. The van der Waals surface area contributed by atoms with Crippen LogP contribution in [0.15, 0.2) is 115 Å². The summed E-state index contributed by atoms with van der Waals surface area (Å²) in [7, 11) is 0. The minimum absolute atomic E-state index is 0.177. The van der Waals surface area contributed by atoms with Crippen LogP contribution in [0.2, 0.25) is 5.02 Å². The predicted octanol–water partition coefficient (Wildman–Crippen LogP) is 11.6. The van der Waals surface area contributed by atoms with E-state index in [0.717, 1.165) is 17.9 Å². The SMILES string of the molecule is CC(C)(C)c1c[c-]c2c(c1)-c1cc(C(C)(C)C)ccc1C2.Clc1ccc([C](=[Zr+2])c2cccc3ccccc23)cc1.[C-]1=CC=CC1. The second kappa shape index (κ2) is 14.1. The Kier molecular flexibility index (Phi) is 10.4. The molecule has 0 unspecified atom stereocenters. The average Bonchev–Trinajstić information content (AvgIpc) is 3.72. The Bertz CT molecular complexity index is 1800. The first kappa shape index (κ1) is 33.3. The van der Waals surface area contributed by atoms with Crippen LogP contribution >= 0.6 is 11.6 Å². The number of hydrogen-bond donors (Lipinski definition) is 0. The second-order valence-corrected chi connectivity index (χ2v) is 15.4. The minimum atomic E-state index is 0.177. The molecule has 0 spiro atoms. The van der Waals surface area contributed by atoms with Gasteiger partial charge in [-0.1, -0.05) is 76.3 Å². The van der Waals surface area contributed by atoms with Gasteiger partial charge in [0.2, 0.25) is 0 Å². The molecule has 5 aromatic carbocycles. The van der Waals surface area contributed by atoms with Crippen molar-refractivity contribution in [1.82, 2.24) is 0 Å². The minimum Gasteiger partial charge on any atom is -0.273 e. The summed E-state index contributed by atoms with van der Waals surface area (Å²) in [6, 6.07) is 38.1. The van der Waals surface area contributed by atoms with Crippen LogP contribution in [0, 0.1) is 12.1 Å². The third kappa shape index (κ3) is 8.19. The van der Waals surface area contributed by atoms with Crippen LogP contribution in [0.4, 0.5) is 0 Å². The summed E-state index contributed by atoms with van der Waals surface area (Å²) in [5.41, 5.74) is 11.3. The van der Waals surface area contributed by atoms with Crippen molar-refractivity contribution < 1.29 is 24.2 Å². The molecule has 0 bridgehead atoms. The van der Waals surface area contributed by atoms with E-state index in [4.69, 9.17) is 11.6 Å². The normalized spacial score (nSPS) is 13.0. The molecule has 2 aliphatic carbocycles. The summed E-state index contributed by atoms with van der Waals surface area (Å²) < 4.78 is 1.36. The molecule has 0 heterocycles. The van der Waals surface area contributed by atoms with E-state index in [1.165, 1.54) is 82.7 Å². The van der Waals surface area contributed by atoms with E-state index in [2.05, 4.69) is 145 Å². The van der Waals surface area contributed by atoms with Gasteiger partial charge in [0.25, 0.3) is 0 Å². The molecule has 45 heavy (non-hydrogen) atoms. The van der Waals surface area contributed by atoms with Gasteiger partial charge in [0.15, 0.2) is 0 Å². The van der Waals surface area contributed by atoms with Crippen molar-refractivity contribution in [3.8, 4) is 11.1 Å². The number of hydrogen-bond acceptors (Lipinski definition) is 0. The van der Waals surface area contributed by atoms with Crippen molar-refractivity contribution in [2.75, 3.05) is 0 Å². The summed E-state index contributed by atoms with van der Waals surface area (Å²) in [6.07, 6.45) is 11.0. The molecule has 0 aromatic heterocycles. The van der Waals surface area contributed by atoms with Gasteiger partial charge in [-0.3, -0.25) is 6.08 Å². The van der Waals surface area contributed by atoms with E-state index in [1.54, 1.807) is 0 Å². The van der Waals surface area contributed by atoms with Crippen molar-refractivity contribution in [2.24, 2.45) is 0 Å². The van der Waals surface area contributed by atoms with Crippen LogP contribution < -0.4 is 0 Å². The third-order valence-corrected chi connectivity index (χ3v) is 9.93. The number of benzene rings is 5. The zero-order valence-electron chi connectivity index (χ0n) is 27.3. The number of halogens is 1. The van der Waals surface area contributed by atoms with E-state index in [-0.39, 0.29) is 10.8 Å². The Balaban J connectivity index is 0.000000154. The van der Waals surface area contributed by atoms with E-state index < -0.39 is 0 Å². The fraction of sp³-hybridized carbons (Fsp3) is 0.233. The molecule has 0 atom stereocenters. The van der Waals surface area contributed by atoms with Crippen molar-refractivity contribution >= 4 is 25.6 Å². The fourth-order valence-corrected chi connectivity index (χ4v) is 6.61. The van der Waals surface area contributed by atoms with Gasteiger partial charge < -0.3 is 0 Å². The molecule has 0 nitrogen and oxygen atoms in total. The zero-order valence-corrected chi connectivity index (χ0v) is 30.5. The standard InChI is InChI=1S/C21H25.C17H11Cl.C5H5.Zr/c1-20(2,3)16-9-7-14-11-15-8-10-17(21(4,5)6)13-19(15)18(14)12-16;18-16-10-8-13(9-11-16)12-15-6-3-5-14-4-1-2-7-17(14)15;1-2-4-5-3-1;/h7,9-10,12-13H,11H2,1-6H3;1-11H;1-3H,4H2;/q-1;;-1;+2. The zero-order chi connectivity index (χ0) is 32.2. The summed E-state index contributed by atoms with van der Waals surface area (Å²) in [4.78, 5) is 0. The van der Waals surface area contributed by atoms with Gasteiger partial charge in [0.1, 0.15) is 0 Å². The Hall–Kier alpha value is -3.12. The molecule has 0 N–H and O–H groups in total. The third-order valence-electron chi connectivity index (χ3n) is 8.30. The molecule has 5 aromatic rings. The van der Waals surface area contributed by atoms with Crippen LogP contribution in [0.3, 0.4) is 0 Å². The van der Waals surface area contributed by atoms with E-state index >= 15 is 0 Å². The van der Waals surface area contributed by atoms with Gasteiger partial charge in [-0.15, -0.1) is 12.0 Å². The fourth-order valence-electron chi connectivity index (χ4n) is 5.54. The summed E-state index contributed by atoms with van der Waals surface area (Å²) in [6.45, 7) is 13.6. The van der Waals surface area contributed by atoms with Gasteiger partial charge in [-0.05, 0) is 17.4 Å². The summed E-state index contributed by atoms with van der Waals surface area (Å²) in [5, 5.41) is 3.38. The first-order valence-electron chi connectivity index (χ1n) is 15.6. The van der Waals surface area contributed by atoms with Crippen LogP contribution in [0.1, 0.15) is 81.3 Å². The van der Waals surface area contributed by atoms with Gasteiger partial charge in [0, 0.05) is 0 Å². The van der Waals surface area contributed by atoms with Crippen molar-refractivity contribution in [2.45, 2.75) is 65.2 Å². The number of fused-ring (bicyclic) bond motifs is 4. The maximum Gasteiger partial charge on any atom is -0.109 e. The van der Waals surface area contributed by atoms with Gasteiger partial charge in [0.05, 0.1) is 0 Å². The molecule has 0 saturated carbocycles. The van der Waals surface area contributed by atoms with Crippen LogP contribution in [-0.2, 0) is 41.5 Å². The van der Waals surface area contributed by atoms with E-state index in [9.17, 15) is 0 Å². The quantitative estimate of drug-likeness (QED) is 0.159. The molecule has 224 valence electrons. The van der Waals surface area contributed by atoms with Crippen molar-refractivity contribution in [3.63, 3.8) is 0 Å². The molecule has 0 fully saturated rings. The monoisotopic (exact) mass is 682 g/mol. The van der Waals surface area contributed by atoms with Crippen molar-refractivity contribution in [3.05, 3.63) is 166 Å². The Labute approximate surface area is 290 Å². The number of rotatable bonds is 2. The van der Waals surface area contributed by atoms with E-state index in [1.807, 2.05) is 24.3 Å². The molecule has 2 aliphatic rings. The molecule has 7 rings (SSSR count). The topological polar surface area (TPSA) is 0 Å². The molecule has 2 heteroatoms. The molecule has 0 amide bonds. The van der Waals surface area contributed by atoms with Gasteiger partial charge in [-0.25, -0.2) is 12.2 Å². The molecule has 0 saturated heterocycles. The molecular weight excluding hydrogens is 643 g/mol. The first-order chi connectivity index (χ1) is 21.4. The molecule has 0 radical (unpaired) electrons. The Morgan fingerprint density at radius 3 is 2.09 bits per heavy atom. The largest absolute Gasteiger partial charge is 0.273 e. The smallest absolute Gasteiger partial charge is 0.109 e. The van der Waals surface area contributed by atoms with Gasteiger partial charge >= 0.3 is 133 Å². The Morgan fingerprint density at radius 1 is 0.756 bits per heavy atom. The second-order valence-electron chi connectivity index (χ2n) is 13.7. The molecule has 0 aliphatic heterocycles. The van der Waals surface area contributed by atoms with Crippen molar-refractivity contribution in [1.29, 1.82) is 0 Å². The average molecular weight is 684 g/mol. The number of allylic oxidation sites excluding steroid dienone is 4. The Morgan fingerprint density at radius 2 is 1.44 bits per heavy atom. The maximum atomic E-state index is 5.96.